The third kappa shape index (κ3) is 23.7. The molecule has 6 aliphatic rings. The number of benzene rings is 8. The second-order valence-corrected chi connectivity index (χ2v) is 29.0. The molecular weight excluding hydrogens is 1400 g/mol. The van der Waals surface area contributed by atoms with Crippen LogP contribution in [0.3, 0.4) is 0 Å². The number of hydrogen-bond donors (Lipinski definition) is 3. The van der Waals surface area contributed by atoms with Crippen LogP contribution in [0.4, 0.5) is 15.3 Å². The molecule has 0 aliphatic carbocycles. The van der Waals surface area contributed by atoms with Crippen molar-refractivity contribution in [3.8, 4) is 51.7 Å². The molecular formula is C83H90N4O20S. The average molecular weight is 1500 g/mol. The Bertz CT molecular complexity index is 4570. The number of likely N-dealkylation sites (N-methyl/N-ethyl adjacent to an activating group) is 1. The minimum absolute atomic E-state index is 0.0917. The summed E-state index contributed by atoms with van der Waals surface area (Å²) in [5.74, 6) is 0.129. The molecule has 3 amide bonds. The van der Waals surface area contributed by atoms with Crippen LogP contribution in [0.1, 0.15) is 79.0 Å². The van der Waals surface area contributed by atoms with Crippen molar-refractivity contribution in [2.45, 2.75) is 109 Å². The highest BCUT2D eigenvalue weighted by molar-refractivity contribution is 7.88. The van der Waals surface area contributed by atoms with E-state index in [0.717, 1.165) is 45.2 Å². The Morgan fingerprint density at radius 1 is 0.463 bits per heavy atom. The van der Waals surface area contributed by atoms with E-state index < -0.39 is 81.5 Å². The van der Waals surface area contributed by atoms with Gasteiger partial charge >= 0.3 is 30.0 Å². The van der Waals surface area contributed by atoms with Gasteiger partial charge in [0.05, 0.1) is 77.7 Å². The van der Waals surface area contributed by atoms with Crippen LogP contribution in [0.2, 0.25) is 0 Å². The minimum Gasteiger partial charge on any atom is -0.493 e. The lowest BCUT2D eigenvalue weighted by Crippen LogP contribution is -2.46. The number of urea groups is 1. The van der Waals surface area contributed by atoms with Crippen molar-refractivity contribution in [2.75, 3.05) is 54.2 Å². The molecule has 0 spiro atoms. The molecule has 0 fully saturated rings. The van der Waals surface area contributed by atoms with Gasteiger partial charge in [-0.1, -0.05) is 103 Å². The molecule has 568 valence electrons. The van der Waals surface area contributed by atoms with E-state index >= 15 is 0 Å². The van der Waals surface area contributed by atoms with Gasteiger partial charge in [-0.3, -0.25) is 28.8 Å². The molecule has 6 atom stereocenters. The van der Waals surface area contributed by atoms with Crippen LogP contribution in [0, 0.1) is 17.8 Å². The summed E-state index contributed by atoms with van der Waals surface area (Å²) in [5.41, 5.74) is 5.43. The Balaban J connectivity index is 0.000000189. The predicted molar refractivity (Wildman–Crippen MR) is 402 cm³/mol. The standard InChI is InChI=1S/C33H37NO7.C28H28N2O6.C22H25NO7S/c1-33(2,3)41-32(37)34(4)27-18-22-11-14-26(15-12-22)40-30-19-24(13-16-29(30)38-5)17-25(20-28(27)35)31(36)39-21-23-9-7-6-8-10-23;1-34-25-13-10-19-14-20(27(32)35-2)17-24(31)23(30-28(33)29-21-6-4-3-5-7-21)15-18-8-11-22(12-9-18)36-26(25)16-19;1-28-20-9-6-15-10-16(22(25)29-2)13-19(24)18(23-31(3,26)27)11-14-4-7-17(8-5-14)30-21(20)12-15/h6-16,19,25,27H,17-18,20-21H2,1-5H3;3-13,16,20,23H,14-15,17H2,1-2H3,(H2,29,30,33);4-9,12,16,18,23H,10-11,13H2,1-3H3/t25-,27+;20-,23+;16-,18+/m111/s1. The highest BCUT2D eigenvalue weighted by atomic mass is 32.2. The van der Waals surface area contributed by atoms with E-state index in [1.54, 1.807) is 139 Å². The number of ketones is 3. The first kappa shape index (κ1) is 80.5. The van der Waals surface area contributed by atoms with E-state index in [0.29, 0.717) is 57.4 Å². The van der Waals surface area contributed by atoms with Crippen LogP contribution >= 0.6 is 0 Å². The van der Waals surface area contributed by atoms with Gasteiger partial charge in [-0.15, -0.1) is 0 Å². The fourth-order valence-corrected chi connectivity index (χ4v) is 13.1. The number of para-hydroxylation sites is 1. The first-order valence-corrected chi connectivity index (χ1v) is 36.9. The van der Waals surface area contributed by atoms with Crippen molar-refractivity contribution in [3.63, 3.8) is 0 Å². The average Bonchev–Trinajstić information content (AvgIpc) is 0.831. The van der Waals surface area contributed by atoms with E-state index in [9.17, 15) is 46.8 Å². The molecule has 8 aromatic rings. The Morgan fingerprint density at radius 3 is 1.25 bits per heavy atom. The van der Waals surface area contributed by atoms with Gasteiger partial charge in [-0.05, 0) is 177 Å². The Hall–Kier alpha value is -11.6. The maximum Gasteiger partial charge on any atom is 0.410 e. The number of sulfonamides is 1. The maximum absolute atomic E-state index is 13.9. The van der Waals surface area contributed by atoms with Crippen molar-refractivity contribution in [2.24, 2.45) is 17.8 Å². The van der Waals surface area contributed by atoms with Crippen LogP contribution in [-0.4, -0.2) is 133 Å². The molecule has 0 saturated carbocycles. The lowest BCUT2D eigenvalue weighted by atomic mass is 9.89. The number of fused-ring (bicyclic) bond motifs is 21. The second kappa shape index (κ2) is 37.6. The van der Waals surface area contributed by atoms with Crippen molar-refractivity contribution in [1.82, 2.24) is 14.9 Å². The van der Waals surface area contributed by atoms with Gasteiger partial charge in [0, 0.05) is 38.4 Å². The SMILES string of the molecule is COC(=O)[C@H]1CC(=O)[C@@H](NC(=O)Nc2ccccc2)Cc2ccc(cc2)Oc2cc(ccc2OC)C1.COC(=O)[C@H]1CC(=O)[C@@H](NS(C)(=O)=O)Cc2ccc(cc2)Oc2cc(ccc2OC)C1.COc1ccc2cc1Oc1ccc(cc1)C[C@H](N(C)C(=O)OC(C)(C)C)C(=O)C[C@H](C(=O)OCc1ccccc1)C2. The Labute approximate surface area is 628 Å². The molecule has 8 aromatic carbocycles. The lowest BCUT2D eigenvalue weighted by molar-refractivity contribution is -0.151. The molecule has 6 heterocycles. The van der Waals surface area contributed by atoms with Gasteiger partial charge in [0.1, 0.15) is 29.5 Å². The molecule has 0 unspecified atom stereocenters. The number of Topliss-reactive ketones (excluding diaryl/α,β-unsaturated/α-hetero) is 3. The molecule has 6 aliphatic heterocycles. The van der Waals surface area contributed by atoms with Crippen molar-refractivity contribution >= 4 is 63.1 Å². The van der Waals surface area contributed by atoms with Crippen LogP contribution in [-0.2, 0) is 103 Å². The van der Waals surface area contributed by atoms with Gasteiger partial charge in [-0.25, -0.2) is 22.7 Å². The number of rotatable bonds is 13. The number of anilines is 1. The molecule has 25 heteroatoms. The van der Waals surface area contributed by atoms with Crippen LogP contribution in [0.25, 0.3) is 0 Å². The van der Waals surface area contributed by atoms with E-state index in [1.807, 2.05) is 91.0 Å². The monoisotopic (exact) mass is 1490 g/mol. The van der Waals surface area contributed by atoms with Crippen molar-refractivity contribution < 1.29 is 94.1 Å². The number of carbonyl (C=O) groups excluding carboxylic acids is 8. The van der Waals surface area contributed by atoms with Crippen molar-refractivity contribution in [3.05, 3.63) is 227 Å². The fraction of sp³-hybridized carbons (Fsp3) is 0.325. The molecule has 0 saturated heterocycles. The fourth-order valence-electron chi connectivity index (χ4n) is 12.3. The molecule has 12 bridgehead atoms. The van der Waals surface area contributed by atoms with Crippen LogP contribution in [0.5, 0.6) is 51.7 Å². The predicted octanol–water partition coefficient (Wildman–Crippen LogP) is 12.9. The summed E-state index contributed by atoms with van der Waals surface area (Å²) < 4.78 is 81.6. The highest BCUT2D eigenvalue weighted by Gasteiger charge is 2.36. The topological polar surface area (TPSA) is 302 Å². The molecule has 3 N–H and O–H groups in total. The second-order valence-electron chi connectivity index (χ2n) is 27.2. The van der Waals surface area contributed by atoms with E-state index in [-0.39, 0.29) is 81.7 Å². The van der Waals surface area contributed by atoms with Crippen molar-refractivity contribution in [1.29, 1.82) is 0 Å². The summed E-state index contributed by atoms with van der Waals surface area (Å²) in [6.07, 6.45) is 1.38. The molecule has 24 nitrogen and oxygen atoms in total. The van der Waals surface area contributed by atoms with Gasteiger partial charge in [0.25, 0.3) is 0 Å². The minimum atomic E-state index is -3.64. The molecule has 14 rings (SSSR count). The first-order valence-electron chi connectivity index (χ1n) is 35.0. The van der Waals surface area contributed by atoms with Gasteiger partial charge in [-0.2, -0.15) is 0 Å². The van der Waals surface area contributed by atoms with Crippen LogP contribution in [0.15, 0.2) is 188 Å². The third-order valence-electron chi connectivity index (χ3n) is 17.9. The Kier molecular flexibility index (Phi) is 28.0. The number of ether oxygens (including phenoxy) is 10. The lowest BCUT2D eigenvalue weighted by Gasteiger charge is -2.31. The largest absolute Gasteiger partial charge is 0.493 e. The summed E-state index contributed by atoms with van der Waals surface area (Å²) >= 11 is 0. The number of nitrogens with zero attached hydrogens (tertiary/aromatic N) is 1. The normalized spacial score (nSPS) is 17.8. The van der Waals surface area contributed by atoms with Crippen LogP contribution < -0.4 is 43.8 Å². The smallest absolute Gasteiger partial charge is 0.410 e. The quantitative estimate of drug-likeness (QED) is 0.0713. The number of amides is 3. The van der Waals surface area contributed by atoms with E-state index in [2.05, 4.69) is 15.4 Å². The Morgan fingerprint density at radius 2 is 0.843 bits per heavy atom. The van der Waals surface area contributed by atoms with Gasteiger partial charge < -0.3 is 62.9 Å². The zero-order valence-corrected chi connectivity index (χ0v) is 62.8. The van der Waals surface area contributed by atoms with Gasteiger partial charge in [0.15, 0.2) is 51.8 Å². The number of nitrogens with one attached hydrogen (secondary N) is 3. The first-order chi connectivity index (χ1) is 51.6. The number of hydrogen-bond acceptors (Lipinski definition) is 20. The molecule has 0 aromatic heterocycles. The summed E-state index contributed by atoms with van der Waals surface area (Å²) in [5, 5.41) is 5.52. The van der Waals surface area contributed by atoms with E-state index in [4.69, 9.17) is 47.4 Å². The maximum atomic E-state index is 13.9. The summed E-state index contributed by atoms with van der Waals surface area (Å²) in [6, 6.07) is 52.8. The number of carbonyl (C=O) groups is 8. The number of methoxy groups -OCH3 is 5. The summed E-state index contributed by atoms with van der Waals surface area (Å²) in [6.45, 7) is 5.41. The molecule has 0 radical (unpaired) electrons. The number of esters is 3. The highest BCUT2D eigenvalue weighted by Crippen LogP contribution is 2.38. The van der Waals surface area contributed by atoms with E-state index in [1.165, 1.54) is 26.2 Å². The van der Waals surface area contributed by atoms with Gasteiger partial charge in [0.2, 0.25) is 10.0 Å². The zero-order valence-electron chi connectivity index (χ0n) is 62.0. The summed E-state index contributed by atoms with van der Waals surface area (Å²) in [4.78, 5) is 106. The molecule has 108 heavy (non-hydrogen) atoms. The zero-order chi connectivity index (χ0) is 77.7. The summed E-state index contributed by atoms with van der Waals surface area (Å²) in [7, 11) is 5.12. The third-order valence-corrected chi connectivity index (χ3v) is 18.6.